The highest BCUT2D eigenvalue weighted by molar-refractivity contribution is 5.99. The monoisotopic (exact) mass is 172 g/mol. The zero-order chi connectivity index (χ0) is 9.72. The molecule has 0 rings (SSSR count). The smallest absolute Gasteiger partial charge is 0.316 e. The van der Waals surface area contributed by atoms with E-state index >= 15 is 0 Å². The molecule has 0 bridgehead atoms. The molecule has 1 unspecified atom stereocenters. The SMILES string of the molecule is CCC(C(=O)OC)C(=O)C(C)C. The van der Waals surface area contributed by atoms with Crippen molar-refractivity contribution in [3.63, 3.8) is 0 Å². The molecule has 0 heterocycles. The van der Waals surface area contributed by atoms with Gasteiger partial charge in [0.15, 0.2) is 0 Å². The largest absolute Gasteiger partial charge is 0.468 e. The molecule has 0 saturated carbocycles. The molecule has 0 saturated heterocycles. The number of methoxy groups -OCH3 is 1. The van der Waals surface area contributed by atoms with Crippen LogP contribution in [0.25, 0.3) is 0 Å². The van der Waals surface area contributed by atoms with E-state index in [9.17, 15) is 9.59 Å². The lowest BCUT2D eigenvalue weighted by Gasteiger charge is -2.12. The van der Waals surface area contributed by atoms with Crippen molar-refractivity contribution in [1.82, 2.24) is 0 Å². The van der Waals surface area contributed by atoms with Crippen LogP contribution >= 0.6 is 0 Å². The van der Waals surface area contributed by atoms with Crippen molar-refractivity contribution in [2.45, 2.75) is 27.2 Å². The molecule has 0 aromatic heterocycles. The van der Waals surface area contributed by atoms with E-state index in [0.29, 0.717) is 6.42 Å². The van der Waals surface area contributed by atoms with E-state index in [2.05, 4.69) is 4.74 Å². The summed E-state index contributed by atoms with van der Waals surface area (Å²) in [5, 5.41) is 0. The molecule has 0 aromatic carbocycles. The standard InChI is InChI=1S/C9H16O3/c1-5-7(9(11)12-4)8(10)6(2)3/h6-7H,5H2,1-4H3. The van der Waals surface area contributed by atoms with E-state index in [4.69, 9.17) is 0 Å². The number of ether oxygens (including phenoxy) is 1. The van der Waals surface area contributed by atoms with Crippen molar-refractivity contribution in [3.05, 3.63) is 0 Å². The molecule has 0 N–H and O–H groups in total. The summed E-state index contributed by atoms with van der Waals surface area (Å²) in [5.41, 5.74) is 0. The Hall–Kier alpha value is -0.860. The summed E-state index contributed by atoms with van der Waals surface area (Å²) in [6.07, 6.45) is 0.518. The third-order valence-corrected chi connectivity index (χ3v) is 1.81. The lowest BCUT2D eigenvalue weighted by Crippen LogP contribution is -2.27. The van der Waals surface area contributed by atoms with Crippen molar-refractivity contribution in [2.75, 3.05) is 7.11 Å². The molecule has 0 aliphatic rings. The maximum atomic E-state index is 11.4. The lowest BCUT2D eigenvalue weighted by molar-refractivity contribution is -0.150. The molecule has 0 aliphatic carbocycles. The maximum Gasteiger partial charge on any atom is 0.316 e. The van der Waals surface area contributed by atoms with Crippen LogP contribution in [0, 0.1) is 11.8 Å². The average Bonchev–Trinajstić information content (AvgIpc) is 2.05. The molecule has 0 aliphatic heterocycles. The van der Waals surface area contributed by atoms with Crippen molar-refractivity contribution in [1.29, 1.82) is 0 Å². The predicted molar refractivity (Wildman–Crippen MR) is 45.6 cm³/mol. The maximum absolute atomic E-state index is 11.4. The van der Waals surface area contributed by atoms with E-state index in [-0.39, 0.29) is 11.7 Å². The molecule has 0 radical (unpaired) electrons. The first-order valence-corrected chi connectivity index (χ1v) is 4.16. The quantitative estimate of drug-likeness (QED) is 0.475. The van der Waals surface area contributed by atoms with Gasteiger partial charge < -0.3 is 4.74 Å². The first-order chi connectivity index (χ1) is 5.54. The number of ketones is 1. The average molecular weight is 172 g/mol. The van der Waals surface area contributed by atoms with Gasteiger partial charge in [-0.2, -0.15) is 0 Å². The molecular formula is C9H16O3. The Bertz CT molecular complexity index is 173. The summed E-state index contributed by atoms with van der Waals surface area (Å²) in [7, 11) is 1.30. The Morgan fingerprint density at radius 1 is 1.33 bits per heavy atom. The molecule has 0 amide bonds. The minimum absolute atomic E-state index is 0.0376. The first-order valence-electron chi connectivity index (χ1n) is 4.16. The Balaban J connectivity index is 4.34. The van der Waals surface area contributed by atoms with Crippen molar-refractivity contribution < 1.29 is 14.3 Å². The Kier molecular flexibility index (Phi) is 4.55. The van der Waals surface area contributed by atoms with Crippen LogP contribution in [0.5, 0.6) is 0 Å². The second kappa shape index (κ2) is 4.91. The van der Waals surface area contributed by atoms with Gasteiger partial charge in [-0.1, -0.05) is 20.8 Å². The minimum atomic E-state index is -0.574. The number of hydrogen-bond donors (Lipinski definition) is 0. The Morgan fingerprint density at radius 3 is 2.08 bits per heavy atom. The van der Waals surface area contributed by atoms with Crippen LogP contribution < -0.4 is 0 Å². The van der Waals surface area contributed by atoms with Crippen LogP contribution in [0.15, 0.2) is 0 Å². The number of carbonyl (C=O) groups excluding carboxylic acids is 2. The van der Waals surface area contributed by atoms with E-state index in [1.165, 1.54) is 7.11 Å². The van der Waals surface area contributed by atoms with Gasteiger partial charge in [0.1, 0.15) is 11.7 Å². The zero-order valence-corrected chi connectivity index (χ0v) is 8.09. The third-order valence-electron chi connectivity index (χ3n) is 1.81. The second-order valence-electron chi connectivity index (χ2n) is 3.04. The normalized spacial score (nSPS) is 12.8. The third kappa shape index (κ3) is 2.64. The fourth-order valence-corrected chi connectivity index (χ4v) is 1.03. The van der Waals surface area contributed by atoms with Crippen molar-refractivity contribution in [3.8, 4) is 0 Å². The number of Topliss-reactive ketones (excluding diaryl/α,β-unsaturated/α-hetero) is 1. The molecule has 12 heavy (non-hydrogen) atoms. The van der Waals surface area contributed by atoms with Gasteiger partial charge in [0.25, 0.3) is 0 Å². The first kappa shape index (κ1) is 11.1. The molecule has 0 fully saturated rings. The number of esters is 1. The van der Waals surface area contributed by atoms with Gasteiger partial charge in [0.2, 0.25) is 0 Å². The van der Waals surface area contributed by atoms with Crippen LogP contribution in [0.4, 0.5) is 0 Å². The van der Waals surface area contributed by atoms with E-state index in [0.717, 1.165) is 0 Å². The molecule has 3 nitrogen and oxygen atoms in total. The highest BCUT2D eigenvalue weighted by atomic mass is 16.5. The Morgan fingerprint density at radius 2 is 1.83 bits per heavy atom. The fraction of sp³-hybridized carbons (Fsp3) is 0.778. The topological polar surface area (TPSA) is 43.4 Å². The molecule has 70 valence electrons. The summed E-state index contributed by atoms with van der Waals surface area (Å²) >= 11 is 0. The van der Waals surface area contributed by atoms with Gasteiger partial charge in [0, 0.05) is 5.92 Å². The summed E-state index contributed by atoms with van der Waals surface area (Å²) in [4.78, 5) is 22.4. The number of rotatable bonds is 4. The molecule has 3 heteroatoms. The minimum Gasteiger partial charge on any atom is -0.468 e. The van der Waals surface area contributed by atoms with Gasteiger partial charge in [0.05, 0.1) is 7.11 Å². The molecular weight excluding hydrogens is 156 g/mol. The van der Waals surface area contributed by atoms with Gasteiger partial charge in [-0.15, -0.1) is 0 Å². The molecule has 0 spiro atoms. The molecule has 0 aromatic rings. The predicted octanol–water partition coefficient (Wildman–Crippen LogP) is 1.41. The highest BCUT2D eigenvalue weighted by Gasteiger charge is 2.26. The van der Waals surface area contributed by atoms with Crippen molar-refractivity contribution in [2.24, 2.45) is 11.8 Å². The van der Waals surface area contributed by atoms with E-state index in [1.54, 1.807) is 13.8 Å². The van der Waals surface area contributed by atoms with Crippen LogP contribution in [-0.2, 0) is 14.3 Å². The molecule has 1 atom stereocenters. The highest BCUT2D eigenvalue weighted by Crippen LogP contribution is 2.12. The van der Waals surface area contributed by atoms with Gasteiger partial charge in [-0.25, -0.2) is 0 Å². The van der Waals surface area contributed by atoms with Crippen molar-refractivity contribution >= 4 is 11.8 Å². The van der Waals surface area contributed by atoms with E-state index < -0.39 is 11.9 Å². The zero-order valence-electron chi connectivity index (χ0n) is 8.09. The number of hydrogen-bond acceptors (Lipinski definition) is 3. The van der Waals surface area contributed by atoms with Gasteiger partial charge in [-0.05, 0) is 6.42 Å². The van der Waals surface area contributed by atoms with Gasteiger partial charge in [-0.3, -0.25) is 9.59 Å². The number of carbonyl (C=O) groups is 2. The fourth-order valence-electron chi connectivity index (χ4n) is 1.03. The van der Waals surface area contributed by atoms with E-state index in [1.807, 2.05) is 6.92 Å². The summed E-state index contributed by atoms with van der Waals surface area (Å²) in [5.74, 6) is -1.13. The Labute approximate surface area is 73.1 Å². The van der Waals surface area contributed by atoms with Crippen LogP contribution in [0.2, 0.25) is 0 Å². The second-order valence-corrected chi connectivity index (χ2v) is 3.04. The lowest BCUT2D eigenvalue weighted by atomic mass is 9.93. The van der Waals surface area contributed by atoms with Crippen LogP contribution in [0.3, 0.4) is 0 Å². The summed E-state index contributed by atoms with van der Waals surface area (Å²) < 4.78 is 4.51. The summed E-state index contributed by atoms with van der Waals surface area (Å²) in [6.45, 7) is 5.38. The van der Waals surface area contributed by atoms with Crippen LogP contribution in [0.1, 0.15) is 27.2 Å². The van der Waals surface area contributed by atoms with Gasteiger partial charge >= 0.3 is 5.97 Å². The summed E-state index contributed by atoms with van der Waals surface area (Å²) in [6, 6.07) is 0. The van der Waals surface area contributed by atoms with Crippen LogP contribution in [-0.4, -0.2) is 18.9 Å².